The summed E-state index contributed by atoms with van der Waals surface area (Å²) in [4.78, 5) is 0. The van der Waals surface area contributed by atoms with Gasteiger partial charge in [0.05, 0.1) is 17.4 Å². The normalized spacial score (nSPS) is 19.8. The Balaban J connectivity index is 1.41. The summed E-state index contributed by atoms with van der Waals surface area (Å²) in [5.41, 5.74) is 2.17. The molecule has 0 saturated heterocycles. The van der Waals surface area contributed by atoms with Crippen LogP contribution in [0.15, 0.2) is 71.4 Å². The van der Waals surface area contributed by atoms with Gasteiger partial charge in [0.2, 0.25) is 0 Å². The van der Waals surface area contributed by atoms with Crippen molar-refractivity contribution in [3.05, 3.63) is 82.5 Å². The van der Waals surface area contributed by atoms with Crippen LogP contribution < -0.4 is 0 Å². The van der Waals surface area contributed by atoms with Gasteiger partial charge in [0.25, 0.3) is 0 Å². The average Bonchev–Trinajstić information content (AvgIpc) is 2.81. The van der Waals surface area contributed by atoms with Gasteiger partial charge >= 0.3 is 0 Å². The highest BCUT2D eigenvalue weighted by molar-refractivity contribution is 9.11. The zero-order valence-corrected chi connectivity index (χ0v) is 19.3. The standard InChI is InChI=1S/C27H27BrO3/c1-22-26(31-20-24-17-11-7-12-18-24)27(25(28)21-30-22)29-19-13-5-3-2-4-8-14-23-15-9-6-10-16-23/h6-7,9-12,15-18,21-22,26-27H,2-4,19-20H2,1H3/t22-,26-,27-/m0/s1. The Hall–Kier alpha value is -2.50. The summed E-state index contributed by atoms with van der Waals surface area (Å²) in [6, 6.07) is 20.1. The van der Waals surface area contributed by atoms with Crippen LogP contribution in [0.25, 0.3) is 0 Å². The molecule has 3 atom stereocenters. The van der Waals surface area contributed by atoms with Crippen LogP contribution in [0, 0.1) is 23.7 Å². The molecule has 4 heteroatoms. The molecule has 0 amide bonds. The Kier molecular flexibility index (Phi) is 9.74. The molecule has 1 heterocycles. The average molecular weight is 479 g/mol. The predicted molar refractivity (Wildman–Crippen MR) is 127 cm³/mol. The third-order valence-electron chi connectivity index (χ3n) is 4.78. The molecule has 0 unspecified atom stereocenters. The molecule has 2 aromatic carbocycles. The van der Waals surface area contributed by atoms with Gasteiger partial charge in [0.1, 0.15) is 24.9 Å². The van der Waals surface area contributed by atoms with E-state index in [4.69, 9.17) is 14.2 Å². The second kappa shape index (κ2) is 13.0. The van der Waals surface area contributed by atoms with E-state index in [9.17, 15) is 0 Å². The molecule has 0 N–H and O–H groups in total. The van der Waals surface area contributed by atoms with E-state index in [-0.39, 0.29) is 18.3 Å². The summed E-state index contributed by atoms with van der Waals surface area (Å²) in [5, 5.41) is 0. The maximum absolute atomic E-state index is 6.14. The van der Waals surface area contributed by atoms with E-state index >= 15 is 0 Å². The lowest BCUT2D eigenvalue weighted by Crippen LogP contribution is -2.43. The van der Waals surface area contributed by atoms with Crippen molar-refractivity contribution in [1.82, 2.24) is 0 Å². The highest BCUT2D eigenvalue weighted by atomic mass is 79.9. The second-order valence-corrected chi connectivity index (χ2v) is 8.13. The highest BCUT2D eigenvalue weighted by Crippen LogP contribution is 2.28. The van der Waals surface area contributed by atoms with Crippen molar-refractivity contribution in [3.8, 4) is 23.7 Å². The molecule has 0 aliphatic carbocycles. The maximum Gasteiger partial charge on any atom is 0.125 e. The summed E-state index contributed by atoms with van der Waals surface area (Å²) in [6.07, 6.45) is 3.73. The fourth-order valence-corrected chi connectivity index (χ4v) is 3.61. The van der Waals surface area contributed by atoms with E-state index in [1.165, 1.54) is 0 Å². The first-order valence-corrected chi connectivity index (χ1v) is 11.3. The Morgan fingerprint density at radius 1 is 0.903 bits per heavy atom. The quantitative estimate of drug-likeness (QED) is 0.369. The lowest BCUT2D eigenvalue weighted by Gasteiger charge is -2.34. The Labute approximate surface area is 193 Å². The monoisotopic (exact) mass is 478 g/mol. The van der Waals surface area contributed by atoms with Crippen LogP contribution in [-0.4, -0.2) is 24.9 Å². The smallest absolute Gasteiger partial charge is 0.125 e. The van der Waals surface area contributed by atoms with Crippen LogP contribution in [0.1, 0.15) is 37.3 Å². The van der Waals surface area contributed by atoms with E-state index in [0.29, 0.717) is 13.2 Å². The fraction of sp³-hybridized carbons (Fsp3) is 0.333. The van der Waals surface area contributed by atoms with Crippen LogP contribution in [0.2, 0.25) is 0 Å². The van der Waals surface area contributed by atoms with Gasteiger partial charge in [-0.3, -0.25) is 0 Å². The minimum Gasteiger partial charge on any atom is -0.495 e. The van der Waals surface area contributed by atoms with E-state index in [0.717, 1.165) is 34.9 Å². The minimum absolute atomic E-state index is 0.105. The Morgan fingerprint density at radius 3 is 2.39 bits per heavy atom. The largest absolute Gasteiger partial charge is 0.495 e. The lowest BCUT2D eigenvalue weighted by atomic mass is 10.1. The Morgan fingerprint density at radius 2 is 1.61 bits per heavy atom. The number of hydrogen-bond acceptors (Lipinski definition) is 3. The molecule has 0 fully saturated rings. The van der Waals surface area contributed by atoms with Gasteiger partial charge in [-0.05, 0) is 47.0 Å². The van der Waals surface area contributed by atoms with Gasteiger partial charge in [-0.25, -0.2) is 0 Å². The molecule has 31 heavy (non-hydrogen) atoms. The molecule has 0 saturated carbocycles. The van der Waals surface area contributed by atoms with Gasteiger partial charge in [-0.1, -0.05) is 66.3 Å². The number of hydrogen-bond donors (Lipinski definition) is 0. The molecule has 3 rings (SSSR count). The van der Waals surface area contributed by atoms with Crippen molar-refractivity contribution in [2.45, 2.75) is 51.1 Å². The second-order valence-electron chi connectivity index (χ2n) is 7.21. The molecule has 0 spiro atoms. The minimum atomic E-state index is -0.237. The molecule has 0 bridgehead atoms. The summed E-state index contributed by atoms with van der Waals surface area (Å²) >= 11 is 3.55. The van der Waals surface area contributed by atoms with Crippen LogP contribution >= 0.6 is 15.9 Å². The maximum atomic E-state index is 6.14. The molecule has 160 valence electrons. The predicted octanol–water partition coefficient (Wildman–Crippen LogP) is 5.84. The molecule has 1 aliphatic heterocycles. The Bertz CT molecular complexity index is 948. The first-order chi connectivity index (χ1) is 15.2. The number of rotatable bonds is 7. The van der Waals surface area contributed by atoms with Crippen LogP contribution in [-0.2, 0) is 20.8 Å². The fourth-order valence-electron chi connectivity index (χ4n) is 3.11. The molecular formula is C27H27BrO3. The summed E-state index contributed by atoms with van der Waals surface area (Å²) in [7, 11) is 0. The molecule has 3 nitrogen and oxygen atoms in total. The van der Waals surface area contributed by atoms with Crippen molar-refractivity contribution >= 4 is 15.9 Å². The van der Waals surface area contributed by atoms with Gasteiger partial charge < -0.3 is 14.2 Å². The van der Waals surface area contributed by atoms with Crippen molar-refractivity contribution < 1.29 is 14.2 Å². The lowest BCUT2D eigenvalue weighted by molar-refractivity contribution is -0.118. The number of ether oxygens (including phenoxy) is 3. The summed E-state index contributed by atoms with van der Waals surface area (Å²) in [6.45, 7) is 2.85. The van der Waals surface area contributed by atoms with Gasteiger partial charge in [0.15, 0.2) is 0 Å². The molecular weight excluding hydrogens is 452 g/mol. The van der Waals surface area contributed by atoms with Crippen LogP contribution in [0.4, 0.5) is 0 Å². The van der Waals surface area contributed by atoms with Gasteiger partial charge in [-0.15, -0.1) is 5.92 Å². The first-order valence-electron chi connectivity index (χ1n) is 10.5. The zero-order chi connectivity index (χ0) is 21.7. The molecule has 2 aromatic rings. The molecule has 1 aliphatic rings. The van der Waals surface area contributed by atoms with E-state index in [2.05, 4.69) is 39.6 Å². The third-order valence-corrected chi connectivity index (χ3v) is 5.42. The molecule has 0 aromatic heterocycles. The van der Waals surface area contributed by atoms with Crippen molar-refractivity contribution in [3.63, 3.8) is 0 Å². The van der Waals surface area contributed by atoms with Crippen molar-refractivity contribution in [2.75, 3.05) is 6.61 Å². The number of benzene rings is 2. The highest BCUT2D eigenvalue weighted by Gasteiger charge is 2.35. The number of unbranched alkanes of at least 4 members (excludes halogenated alkanes) is 2. The van der Waals surface area contributed by atoms with E-state index in [1.54, 1.807) is 6.26 Å². The van der Waals surface area contributed by atoms with Crippen LogP contribution in [0.5, 0.6) is 0 Å². The van der Waals surface area contributed by atoms with E-state index < -0.39 is 0 Å². The third kappa shape index (κ3) is 7.93. The topological polar surface area (TPSA) is 27.7 Å². The van der Waals surface area contributed by atoms with Crippen molar-refractivity contribution in [2.24, 2.45) is 0 Å². The first kappa shape index (κ1) is 23.2. The number of halogens is 1. The van der Waals surface area contributed by atoms with Crippen LogP contribution in [0.3, 0.4) is 0 Å². The van der Waals surface area contributed by atoms with Gasteiger partial charge in [0, 0.05) is 18.4 Å². The van der Waals surface area contributed by atoms with E-state index in [1.807, 2.05) is 67.6 Å². The zero-order valence-electron chi connectivity index (χ0n) is 17.7. The van der Waals surface area contributed by atoms with Gasteiger partial charge in [-0.2, -0.15) is 0 Å². The summed E-state index contributed by atoms with van der Waals surface area (Å²) < 4.78 is 18.7. The summed E-state index contributed by atoms with van der Waals surface area (Å²) in [5.74, 6) is 12.6. The SMILES string of the molecule is C[C@@H]1OC=C(Br)[C@H](OCC#CCCCC#Cc2ccccc2)[C@H]1OCc1ccccc1. The van der Waals surface area contributed by atoms with Crippen molar-refractivity contribution in [1.29, 1.82) is 0 Å². The molecule has 0 radical (unpaired) electrons.